The molecular weight excluding hydrogens is 336 g/mol. The Morgan fingerprint density at radius 3 is 2.76 bits per heavy atom. The molecule has 0 aromatic heterocycles. The van der Waals surface area contributed by atoms with Gasteiger partial charge < -0.3 is 15.0 Å². The molecule has 2 aliphatic heterocycles. The Morgan fingerprint density at radius 1 is 1.38 bits per heavy atom. The van der Waals surface area contributed by atoms with Gasteiger partial charge in [-0.25, -0.2) is 0 Å². The Bertz CT molecular complexity index is 642. The summed E-state index contributed by atoms with van der Waals surface area (Å²) in [5.74, 6) is -1.04. The lowest BCUT2D eigenvalue weighted by atomic mass is 10.0. The molecule has 1 saturated heterocycles. The van der Waals surface area contributed by atoms with Gasteiger partial charge in [-0.1, -0.05) is 0 Å². The number of hydrogen-bond acceptors (Lipinski definition) is 4. The van der Waals surface area contributed by atoms with Crippen LogP contribution in [0.2, 0.25) is 0 Å². The van der Waals surface area contributed by atoms with Crippen LogP contribution in [0.25, 0.3) is 0 Å². The lowest BCUT2D eigenvalue weighted by molar-refractivity contribution is -0.112. The van der Waals surface area contributed by atoms with Crippen LogP contribution in [0.5, 0.6) is 0 Å². The van der Waals surface area contributed by atoms with E-state index in [1.54, 1.807) is 6.07 Å². The van der Waals surface area contributed by atoms with Crippen molar-refractivity contribution in [1.82, 2.24) is 0 Å². The van der Waals surface area contributed by atoms with E-state index < -0.39 is 11.7 Å². The van der Waals surface area contributed by atoms with E-state index >= 15 is 0 Å². The molecule has 0 radical (unpaired) electrons. The first-order valence-electron chi connectivity index (χ1n) is 6.89. The highest BCUT2D eigenvalue weighted by Gasteiger charge is 2.34. The van der Waals surface area contributed by atoms with Gasteiger partial charge >= 0.3 is 0 Å². The first kappa shape index (κ1) is 14.5. The van der Waals surface area contributed by atoms with Crippen molar-refractivity contribution >= 4 is 39.0 Å². The van der Waals surface area contributed by atoms with E-state index in [-0.39, 0.29) is 11.7 Å². The van der Waals surface area contributed by atoms with Gasteiger partial charge in [0.25, 0.3) is 11.7 Å². The molecule has 1 aromatic carbocycles. The standard InChI is InChI=1S/C15H17BrN2O3/c1-8-6-18(7-15(2,3)21-8)12-5-11-9(4-10(12)16)13(19)14(20)17-11/h4-5,8H,6-7H2,1-3H3,(H,17,19,20). The fourth-order valence-corrected chi connectivity index (χ4v) is 3.63. The number of carbonyl (C=O) groups is 2. The molecule has 1 N–H and O–H groups in total. The summed E-state index contributed by atoms with van der Waals surface area (Å²) in [7, 11) is 0. The minimum absolute atomic E-state index is 0.116. The van der Waals surface area contributed by atoms with Gasteiger partial charge in [-0.05, 0) is 48.8 Å². The van der Waals surface area contributed by atoms with Crippen LogP contribution in [-0.2, 0) is 9.53 Å². The number of ether oxygens (including phenoxy) is 1. The number of carbonyl (C=O) groups excluding carboxylic acids is 2. The summed E-state index contributed by atoms with van der Waals surface area (Å²) in [6.45, 7) is 7.67. The molecular formula is C15H17BrN2O3. The highest BCUT2D eigenvalue weighted by Crippen LogP contribution is 2.37. The summed E-state index contributed by atoms with van der Waals surface area (Å²) in [6, 6.07) is 3.58. The maximum Gasteiger partial charge on any atom is 0.296 e. The molecule has 0 saturated carbocycles. The topological polar surface area (TPSA) is 58.6 Å². The average Bonchev–Trinajstić information content (AvgIpc) is 2.62. The van der Waals surface area contributed by atoms with Gasteiger partial charge in [0.05, 0.1) is 28.6 Å². The predicted molar refractivity (Wildman–Crippen MR) is 83.9 cm³/mol. The molecule has 6 heteroatoms. The van der Waals surface area contributed by atoms with Crippen LogP contribution in [0.3, 0.4) is 0 Å². The third-order valence-electron chi connectivity index (χ3n) is 3.70. The molecule has 1 unspecified atom stereocenters. The van der Waals surface area contributed by atoms with Crippen LogP contribution >= 0.6 is 15.9 Å². The van der Waals surface area contributed by atoms with Crippen LogP contribution in [0.15, 0.2) is 16.6 Å². The van der Waals surface area contributed by atoms with Gasteiger partial charge in [0, 0.05) is 17.6 Å². The second kappa shape index (κ2) is 4.81. The summed E-state index contributed by atoms with van der Waals surface area (Å²) in [5.41, 5.74) is 1.73. The quantitative estimate of drug-likeness (QED) is 0.789. The van der Waals surface area contributed by atoms with Crippen LogP contribution in [-0.4, -0.2) is 36.5 Å². The molecule has 0 bridgehead atoms. The number of anilines is 2. The van der Waals surface area contributed by atoms with Gasteiger partial charge in [-0.15, -0.1) is 0 Å². The number of nitrogens with zero attached hydrogens (tertiary/aromatic N) is 1. The monoisotopic (exact) mass is 352 g/mol. The van der Waals surface area contributed by atoms with Crippen molar-refractivity contribution < 1.29 is 14.3 Å². The summed E-state index contributed by atoms with van der Waals surface area (Å²) in [4.78, 5) is 25.4. The zero-order valence-electron chi connectivity index (χ0n) is 12.2. The average molecular weight is 353 g/mol. The molecule has 112 valence electrons. The summed E-state index contributed by atoms with van der Waals surface area (Å²) in [5, 5.41) is 2.62. The number of rotatable bonds is 1. The summed E-state index contributed by atoms with van der Waals surface area (Å²) < 4.78 is 6.73. The number of amides is 1. The maximum absolute atomic E-state index is 11.7. The minimum Gasteiger partial charge on any atom is -0.369 e. The Kier molecular flexibility index (Phi) is 3.33. The van der Waals surface area contributed by atoms with E-state index in [4.69, 9.17) is 4.74 Å². The van der Waals surface area contributed by atoms with E-state index in [2.05, 4.69) is 40.0 Å². The highest BCUT2D eigenvalue weighted by molar-refractivity contribution is 9.10. The highest BCUT2D eigenvalue weighted by atomic mass is 79.9. The van der Waals surface area contributed by atoms with Crippen LogP contribution in [0.4, 0.5) is 11.4 Å². The third-order valence-corrected chi connectivity index (χ3v) is 4.33. The number of nitrogens with one attached hydrogen (secondary N) is 1. The van der Waals surface area contributed by atoms with E-state index in [9.17, 15) is 9.59 Å². The Hall–Kier alpha value is -1.40. The van der Waals surface area contributed by atoms with E-state index in [0.29, 0.717) is 11.3 Å². The van der Waals surface area contributed by atoms with Crippen molar-refractivity contribution in [3.63, 3.8) is 0 Å². The van der Waals surface area contributed by atoms with Gasteiger partial charge in [0.15, 0.2) is 0 Å². The van der Waals surface area contributed by atoms with Crippen molar-refractivity contribution in [1.29, 1.82) is 0 Å². The van der Waals surface area contributed by atoms with Crippen molar-refractivity contribution in [2.75, 3.05) is 23.3 Å². The second-order valence-electron chi connectivity index (χ2n) is 6.20. The second-order valence-corrected chi connectivity index (χ2v) is 7.06. The first-order chi connectivity index (χ1) is 9.77. The number of Topliss-reactive ketones (excluding diaryl/α,β-unsaturated/α-hetero) is 1. The van der Waals surface area contributed by atoms with Gasteiger partial charge in [-0.2, -0.15) is 0 Å². The molecule has 1 amide bonds. The van der Waals surface area contributed by atoms with Crippen LogP contribution < -0.4 is 10.2 Å². The normalized spacial score (nSPS) is 24.0. The van der Waals surface area contributed by atoms with Crippen molar-refractivity contribution in [2.24, 2.45) is 0 Å². The van der Waals surface area contributed by atoms with Gasteiger partial charge in [-0.3, -0.25) is 9.59 Å². The van der Waals surface area contributed by atoms with Crippen molar-refractivity contribution in [3.8, 4) is 0 Å². The summed E-state index contributed by atoms with van der Waals surface area (Å²) in [6.07, 6.45) is 0.116. The fraction of sp³-hybridized carbons (Fsp3) is 0.467. The number of benzene rings is 1. The molecule has 1 fully saturated rings. The Morgan fingerprint density at radius 2 is 2.10 bits per heavy atom. The number of morpholine rings is 1. The molecule has 0 spiro atoms. The first-order valence-corrected chi connectivity index (χ1v) is 7.68. The van der Waals surface area contributed by atoms with Gasteiger partial charge in [0.1, 0.15) is 0 Å². The van der Waals surface area contributed by atoms with Gasteiger partial charge in [0.2, 0.25) is 0 Å². The molecule has 0 aliphatic carbocycles. The molecule has 2 aliphatic rings. The smallest absolute Gasteiger partial charge is 0.296 e. The van der Waals surface area contributed by atoms with Crippen LogP contribution in [0, 0.1) is 0 Å². The molecule has 2 heterocycles. The molecule has 3 rings (SSSR count). The molecule has 21 heavy (non-hydrogen) atoms. The van der Waals surface area contributed by atoms with E-state index in [1.807, 2.05) is 13.0 Å². The predicted octanol–water partition coefficient (Wildman–Crippen LogP) is 2.59. The SMILES string of the molecule is CC1CN(c2cc3c(cc2Br)C(=O)C(=O)N3)CC(C)(C)O1. The number of ketones is 1. The Labute approximate surface area is 131 Å². The lowest BCUT2D eigenvalue weighted by Crippen LogP contribution is -2.52. The fourth-order valence-electron chi connectivity index (χ4n) is 3.03. The zero-order chi connectivity index (χ0) is 15.4. The maximum atomic E-state index is 11.7. The molecule has 1 atom stereocenters. The van der Waals surface area contributed by atoms with Crippen LogP contribution in [0.1, 0.15) is 31.1 Å². The Balaban J connectivity index is 1.99. The number of hydrogen-bond donors (Lipinski definition) is 1. The number of halogens is 1. The number of fused-ring (bicyclic) bond motifs is 1. The van der Waals surface area contributed by atoms with Crippen molar-refractivity contribution in [2.45, 2.75) is 32.5 Å². The summed E-state index contributed by atoms with van der Waals surface area (Å²) >= 11 is 3.52. The third kappa shape index (κ3) is 2.58. The zero-order valence-corrected chi connectivity index (χ0v) is 13.8. The molecule has 5 nitrogen and oxygen atoms in total. The lowest BCUT2D eigenvalue weighted by Gasteiger charge is -2.43. The minimum atomic E-state index is -0.565. The van der Waals surface area contributed by atoms with E-state index in [0.717, 1.165) is 23.2 Å². The largest absolute Gasteiger partial charge is 0.369 e. The van der Waals surface area contributed by atoms with Crippen molar-refractivity contribution in [3.05, 3.63) is 22.2 Å². The van der Waals surface area contributed by atoms with E-state index in [1.165, 1.54) is 0 Å². The molecule has 1 aromatic rings.